The molecule has 0 bridgehead atoms. The summed E-state index contributed by atoms with van der Waals surface area (Å²) in [4.78, 5) is 20.7. The van der Waals surface area contributed by atoms with Crippen molar-refractivity contribution in [1.82, 2.24) is 5.32 Å². The van der Waals surface area contributed by atoms with Gasteiger partial charge in [0.2, 0.25) is 5.91 Å². The Kier molecular flexibility index (Phi) is 4.90. The van der Waals surface area contributed by atoms with Crippen molar-refractivity contribution in [2.45, 2.75) is 19.6 Å². The van der Waals surface area contributed by atoms with E-state index >= 15 is 0 Å². The Morgan fingerprint density at radius 1 is 1.54 bits per heavy atom. The summed E-state index contributed by atoms with van der Waals surface area (Å²) in [5, 5.41) is 10.3. The molecule has 0 rings (SSSR count). The molecule has 0 aromatic rings. The Morgan fingerprint density at radius 3 is 2.38 bits per heavy atom. The lowest BCUT2D eigenvalue weighted by atomic mass is 10.3. The lowest BCUT2D eigenvalue weighted by Crippen LogP contribution is -2.43. The van der Waals surface area contributed by atoms with E-state index in [1.165, 1.54) is 0 Å². The van der Waals surface area contributed by atoms with E-state index in [1.54, 1.807) is 0 Å². The van der Waals surface area contributed by atoms with Crippen molar-refractivity contribution in [3.05, 3.63) is 0 Å². The van der Waals surface area contributed by atoms with E-state index in [9.17, 15) is 18.4 Å². The molecule has 5 nitrogen and oxygen atoms in total. The van der Waals surface area contributed by atoms with Gasteiger partial charge in [0.15, 0.2) is 6.04 Å². The molecule has 0 saturated carbocycles. The molecule has 0 aliphatic heterocycles. The minimum atomic E-state index is -3.05. The monoisotopic (exact) mass is 197 g/mol. The van der Waals surface area contributed by atoms with Gasteiger partial charge in [0.05, 0.1) is 6.61 Å². The molecule has 13 heavy (non-hydrogen) atoms. The second-order valence-corrected chi connectivity index (χ2v) is 2.19. The highest BCUT2D eigenvalue weighted by Crippen LogP contribution is 1.96. The summed E-state index contributed by atoms with van der Waals surface area (Å²) >= 11 is 0. The van der Waals surface area contributed by atoms with Crippen LogP contribution in [-0.4, -0.2) is 36.2 Å². The third-order valence-corrected chi connectivity index (χ3v) is 1.06. The van der Waals surface area contributed by atoms with Crippen LogP contribution in [0.5, 0.6) is 0 Å². The highest BCUT2D eigenvalue weighted by Gasteiger charge is 2.20. The third kappa shape index (κ3) is 5.97. The van der Waals surface area contributed by atoms with Crippen LogP contribution in [0.25, 0.3) is 0 Å². The molecule has 0 heterocycles. The van der Waals surface area contributed by atoms with E-state index < -0.39 is 31.1 Å². The van der Waals surface area contributed by atoms with Crippen LogP contribution >= 0.6 is 0 Å². The molecular formula is C6H9F2NO4. The van der Waals surface area contributed by atoms with Crippen molar-refractivity contribution in [3.8, 4) is 0 Å². The van der Waals surface area contributed by atoms with Crippen molar-refractivity contribution in [2.75, 3.05) is 6.61 Å². The van der Waals surface area contributed by atoms with Gasteiger partial charge < -0.3 is 15.2 Å². The van der Waals surface area contributed by atoms with Gasteiger partial charge in [-0.1, -0.05) is 0 Å². The van der Waals surface area contributed by atoms with E-state index in [0.717, 1.165) is 6.92 Å². The number of carbonyl (C=O) groups excluding carboxylic acids is 1. The molecule has 0 aromatic heterocycles. The fraction of sp³-hybridized carbons (Fsp3) is 0.667. The maximum atomic E-state index is 11.5. The SMILES string of the molecule is CC(=O)NC(COC(F)F)C(=O)O. The number of amides is 1. The summed E-state index contributed by atoms with van der Waals surface area (Å²) in [7, 11) is 0. The predicted octanol–water partition coefficient (Wildman–Crippen LogP) is -0.185. The number of rotatable bonds is 5. The molecule has 0 saturated heterocycles. The number of aliphatic carboxylic acids is 1. The highest BCUT2D eigenvalue weighted by atomic mass is 19.3. The third-order valence-electron chi connectivity index (χ3n) is 1.06. The van der Waals surface area contributed by atoms with Gasteiger partial charge in [-0.2, -0.15) is 8.78 Å². The molecule has 1 unspecified atom stereocenters. The van der Waals surface area contributed by atoms with Gasteiger partial charge >= 0.3 is 12.6 Å². The Morgan fingerprint density at radius 2 is 2.08 bits per heavy atom. The number of alkyl halides is 2. The molecule has 7 heteroatoms. The second-order valence-electron chi connectivity index (χ2n) is 2.19. The topological polar surface area (TPSA) is 75.6 Å². The van der Waals surface area contributed by atoms with Gasteiger partial charge in [0.25, 0.3) is 0 Å². The van der Waals surface area contributed by atoms with Crippen molar-refractivity contribution in [1.29, 1.82) is 0 Å². The first-order chi connectivity index (χ1) is 5.93. The molecular weight excluding hydrogens is 188 g/mol. The Bertz CT molecular complexity index is 197. The number of hydrogen-bond acceptors (Lipinski definition) is 3. The second kappa shape index (κ2) is 5.41. The van der Waals surface area contributed by atoms with Crippen LogP contribution in [0, 0.1) is 0 Å². The molecule has 1 atom stereocenters. The smallest absolute Gasteiger partial charge is 0.345 e. The average molecular weight is 197 g/mol. The number of carboxylic acid groups (broad SMARTS) is 1. The first-order valence-corrected chi connectivity index (χ1v) is 3.33. The molecule has 0 fully saturated rings. The molecule has 0 radical (unpaired) electrons. The number of carbonyl (C=O) groups is 2. The fourth-order valence-corrected chi connectivity index (χ4v) is 0.589. The van der Waals surface area contributed by atoms with Crippen LogP contribution in [0.15, 0.2) is 0 Å². The van der Waals surface area contributed by atoms with Crippen LogP contribution in [0.4, 0.5) is 8.78 Å². The molecule has 0 aromatic carbocycles. The van der Waals surface area contributed by atoms with Crippen molar-refractivity contribution < 1.29 is 28.2 Å². The zero-order valence-corrected chi connectivity index (χ0v) is 6.79. The van der Waals surface area contributed by atoms with E-state index in [2.05, 4.69) is 4.74 Å². The minimum Gasteiger partial charge on any atom is -0.480 e. The van der Waals surface area contributed by atoms with Gasteiger partial charge in [0, 0.05) is 6.92 Å². The lowest BCUT2D eigenvalue weighted by molar-refractivity contribution is -0.155. The van der Waals surface area contributed by atoms with Crippen LogP contribution in [0.3, 0.4) is 0 Å². The Hall–Kier alpha value is -1.24. The summed E-state index contributed by atoms with van der Waals surface area (Å²) in [6.07, 6.45) is 0. The van der Waals surface area contributed by atoms with Gasteiger partial charge in [-0.3, -0.25) is 4.79 Å². The normalized spacial score (nSPS) is 12.6. The van der Waals surface area contributed by atoms with E-state index in [-0.39, 0.29) is 0 Å². The van der Waals surface area contributed by atoms with Crippen LogP contribution < -0.4 is 5.32 Å². The first-order valence-electron chi connectivity index (χ1n) is 3.33. The van der Waals surface area contributed by atoms with Gasteiger partial charge in [-0.15, -0.1) is 0 Å². The highest BCUT2D eigenvalue weighted by molar-refractivity contribution is 5.82. The summed E-state index contributed by atoms with van der Waals surface area (Å²) in [5.74, 6) is -2.04. The van der Waals surface area contributed by atoms with Crippen molar-refractivity contribution in [2.24, 2.45) is 0 Å². The van der Waals surface area contributed by atoms with Crippen LogP contribution in [-0.2, 0) is 14.3 Å². The molecule has 0 aliphatic carbocycles. The number of carboxylic acids is 1. The summed E-state index contributed by atoms with van der Waals surface area (Å²) < 4.78 is 26.7. The van der Waals surface area contributed by atoms with Crippen LogP contribution in [0.2, 0.25) is 0 Å². The molecule has 76 valence electrons. The predicted molar refractivity (Wildman–Crippen MR) is 37.2 cm³/mol. The summed E-state index contributed by atoms with van der Waals surface area (Å²) in [6.45, 7) is -2.72. The summed E-state index contributed by atoms with van der Waals surface area (Å²) in [6, 6.07) is -1.44. The standard InChI is InChI=1S/C6H9F2NO4/c1-3(10)9-4(5(11)12)2-13-6(7)8/h4,6H,2H2,1H3,(H,9,10)(H,11,12). The zero-order valence-electron chi connectivity index (χ0n) is 6.79. The van der Waals surface area contributed by atoms with Gasteiger partial charge in [-0.25, -0.2) is 4.79 Å². The molecule has 1 amide bonds. The zero-order chi connectivity index (χ0) is 10.4. The maximum absolute atomic E-state index is 11.5. The number of hydrogen-bond donors (Lipinski definition) is 2. The first kappa shape index (κ1) is 11.8. The lowest BCUT2D eigenvalue weighted by Gasteiger charge is -2.12. The molecule has 2 N–H and O–H groups in total. The van der Waals surface area contributed by atoms with E-state index in [0.29, 0.717) is 0 Å². The van der Waals surface area contributed by atoms with Crippen LogP contribution in [0.1, 0.15) is 6.92 Å². The largest absolute Gasteiger partial charge is 0.480 e. The Labute approximate surface area is 72.7 Å². The number of ether oxygens (including phenoxy) is 1. The number of nitrogens with one attached hydrogen (secondary N) is 1. The van der Waals surface area contributed by atoms with Gasteiger partial charge in [-0.05, 0) is 0 Å². The quantitative estimate of drug-likeness (QED) is 0.640. The molecule has 0 spiro atoms. The minimum absolute atomic E-state index is 0.620. The van der Waals surface area contributed by atoms with Gasteiger partial charge in [0.1, 0.15) is 0 Å². The fourth-order valence-electron chi connectivity index (χ4n) is 0.589. The molecule has 0 aliphatic rings. The average Bonchev–Trinajstić information content (AvgIpc) is 1.96. The maximum Gasteiger partial charge on any atom is 0.345 e. The van der Waals surface area contributed by atoms with E-state index in [4.69, 9.17) is 5.11 Å². The van der Waals surface area contributed by atoms with Crippen molar-refractivity contribution >= 4 is 11.9 Å². The summed E-state index contributed by atoms with van der Waals surface area (Å²) in [5.41, 5.74) is 0. The van der Waals surface area contributed by atoms with Crippen molar-refractivity contribution in [3.63, 3.8) is 0 Å². The Balaban J connectivity index is 3.95. The number of halogens is 2. The van der Waals surface area contributed by atoms with E-state index in [1.807, 2.05) is 5.32 Å².